The average molecular weight is 487 g/mol. The van der Waals surface area contributed by atoms with Crippen LogP contribution in [0.3, 0.4) is 0 Å². The molecule has 1 aromatic heterocycles. The van der Waals surface area contributed by atoms with Crippen molar-refractivity contribution >= 4 is 39.1 Å². The summed E-state index contributed by atoms with van der Waals surface area (Å²) in [6.45, 7) is -0.219. The average Bonchev–Trinajstić information content (AvgIpc) is 2.79. The number of aromatic nitrogens is 1. The van der Waals surface area contributed by atoms with Crippen LogP contribution in [0.25, 0.3) is 0 Å². The molecule has 10 heteroatoms. The van der Waals surface area contributed by atoms with Gasteiger partial charge >= 0.3 is 0 Å². The van der Waals surface area contributed by atoms with Crippen molar-refractivity contribution < 1.29 is 18.0 Å². The van der Waals surface area contributed by atoms with E-state index in [1.54, 1.807) is 67.0 Å². The summed E-state index contributed by atoms with van der Waals surface area (Å²) in [7, 11) is -3.70. The van der Waals surface area contributed by atoms with Gasteiger partial charge in [0.1, 0.15) is 0 Å². The smallest absolute Gasteiger partial charge is 0.253 e. The number of rotatable bonds is 9. The molecule has 0 bridgehead atoms. The summed E-state index contributed by atoms with van der Waals surface area (Å²) < 4.78 is 25.5. The van der Waals surface area contributed by atoms with Crippen LogP contribution >= 0.6 is 11.6 Å². The van der Waals surface area contributed by atoms with E-state index >= 15 is 0 Å². The van der Waals surface area contributed by atoms with Crippen LogP contribution in [0.4, 0.5) is 5.69 Å². The maximum atomic E-state index is 12.7. The second kappa shape index (κ2) is 11.0. The fraction of sp³-hybridized carbons (Fsp3) is 0.174. The molecule has 0 spiro atoms. The Morgan fingerprint density at radius 2 is 1.76 bits per heavy atom. The lowest BCUT2D eigenvalue weighted by Crippen LogP contribution is -2.37. The molecule has 3 aromatic rings. The molecule has 0 aliphatic rings. The second-order valence-corrected chi connectivity index (χ2v) is 9.65. The third-order valence-electron chi connectivity index (χ3n) is 4.72. The molecule has 2 aromatic carbocycles. The topological polar surface area (TPSA) is 108 Å². The number of pyridine rings is 1. The van der Waals surface area contributed by atoms with Gasteiger partial charge in [-0.1, -0.05) is 48.0 Å². The highest BCUT2D eigenvalue weighted by Gasteiger charge is 2.22. The van der Waals surface area contributed by atoms with Gasteiger partial charge in [-0.15, -0.1) is 0 Å². The number of benzene rings is 2. The van der Waals surface area contributed by atoms with E-state index in [1.807, 2.05) is 6.07 Å². The minimum atomic E-state index is -3.70. The zero-order valence-electron chi connectivity index (χ0n) is 17.9. The first-order chi connectivity index (χ1) is 15.7. The van der Waals surface area contributed by atoms with Crippen LogP contribution in [0, 0.1) is 0 Å². The number of hydrogen-bond acceptors (Lipinski definition) is 5. The van der Waals surface area contributed by atoms with Crippen LogP contribution in [-0.4, -0.2) is 42.3 Å². The van der Waals surface area contributed by atoms with Crippen LogP contribution in [-0.2, 0) is 27.9 Å². The molecule has 1 heterocycles. The molecular weight excluding hydrogens is 464 g/mol. The SMILES string of the molecule is CS(=O)(=O)N(CC(=O)Nc1ccccc1C(=O)NCc1cccnc1)Cc1ccccc1Cl. The first kappa shape index (κ1) is 24.4. The third kappa shape index (κ3) is 7.11. The van der Waals surface area contributed by atoms with Crippen LogP contribution < -0.4 is 10.6 Å². The predicted molar refractivity (Wildman–Crippen MR) is 127 cm³/mol. The molecular formula is C23H23ClN4O4S. The number of sulfonamides is 1. The summed E-state index contributed by atoms with van der Waals surface area (Å²) in [5, 5.41) is 5.83. The Labute approximate surface area is 197 Å². The molecule has 0 saturated heterocycles. The van der Waals surface area contributed by atoms with Gasteiger partial charge < -0.3 is 10.6 Å². The molecule has 33 heavy (non-hydrogen) atoms. The number of carbonyl (C=O) groups excluding carboxylic acids is 2. The van der Waals surface area contributed by atoms with Gasteiger partial charge in [0.15, 0.2) is 0 Å². The van der Waals surface area contributed by atoms with Crippen LogP contribution in [0.15, 0.2) is 73.1 Å². The van der Waals surface area contributed by atoms with Crippen molar-refractivity contribution in [3.05, 3.63) is 94.8 Å². The maximum absolute atomic E-state index is 12.7. The summed E-state index contributed by atoms with van der Waals surface area (Å²) in [5.41, 5.74) is 1.94. The second-order valence-electron chi connectivity index (χ2n) is 7.26. The summed E-state index contributed by atoms with van der Waals surface area (Å²) in [6.07, 6.45) is 4.31. The number of hydrogen-bond donors (Lipinski definition) is 2. The van der Waals surface area contributed by atoms with Crippen LogP contribution in [0.2, 0.25) is 5.02 Å². The van der Waals surface area contributed by atoms with E-state index in [9.17, 15) is 18.0 Å². The number of nitrogens with zero attached hydrogens (tertiary/aromatic N) is 2. The van der Waals surface area contributed by atoms with Crippen molar-refractivity contribution in [1.29, 1.82) is 0 Å². The lowest BCUT2D eigenvalue weighted by atomic mass is 10.1. The van der Waals surface area contributed by atoms with E-state index in [4.69, 9.17) is 11.6 Å². The molecule has 2 N–H and O–H groups in total. The van der Waals surface area contributed by atoms with E-state index in [-0.39, 0.29) is 30.2 Å². The molecule has 0 atom stereocenters. The molecule has 8 nitrogen and oxygen atoms in total. The predicted octanol–water partition coefficient (Wildman–Crippen LogP) is 3.07. The number of carbonyl (C=O) groups is 2. The van der Waals surface area contributed by atoms with Gasteiger partial charge in [0.2, 0.25) is 15.9 Å². The highest BCUT2D eigenvalue weighted by molar-refractivity contribution is 7.88. The van der Waals surface area contributed by atoms with Crippen molar-refractivity contribution in [1.82, 2.24) is 14.6 Å². The Morgan fingerprint density at radius 3 is 2.45 bits per heavy atom. The first-order valence-electron chi connectivity index (χ1n) is 9.98. The number of para-hydroxylation sites is 1. The van der Waals surface area contributed by atoms with Gasteiger partial charge in [0.25, 0.3) is 5.91 Å². The molecule has 0 radical (unpaired) electrons. The fourth-order valence-corrected chi connectivity index (χ4v) is 3.95. The summed E-state index contributed by atoms with van der Waals surface area (Å²) in [5.74, 6) is -0.967. The fourth-order valence-electron chi connectivity index (χ4n) is 3.03. The maximum Gasteiger partial charge on any atom is 0.253 e. The normalized spacial score (nSPS) is 11.2. The largest absolute Gasteiger partial charge is 0.348 e. The van der Waals surface area contributed by atoms with E-state index in [1.165, 1.54) is 0 Å². The summed E-state index contributed by atoms with van der Waals surface area (Å²) in [6, 6.07) is 16.9. The molecule has 172 valence electrons. The summed E-state index contributed by atoms with van der Waals surface area (Å²) >= 11 is 6.14. The Bertz CT molecular complexity index is 1240. The van der Waals surface area contributed by atoms with Crippen LogP contribution in [0.5, 0.6) is 0 Å². The van der Waals surface area contributed by atoms with E-state index in [0.717, 1.165) is 16.1 Å². The minimum absolute atomic E-state index is 0.0564. The molecule has 2 amide bonds. The molecule has 0 aliphatic heterocycles. The van der Waals surface area contributed by atoms with Gasteiger partial charge in [0.05, 0.1) is 24.1 Å². The van der Waals surface area contributed by atoms with Gasteiger partial charge in [-0.05, 0) is 35.4 Å². The standard InChI is InChI=1S/C23H23ClN4O4S/c1-33(31,32)28(15-18-8-2-4-10-20(18)24)16-22(29)27-21-11-5-3-9-19(21)23(30)26-14-17-7-6-12-25-13-17/h2-13H,14-16H2,1H3,(H,26,30)(H,27,29). The van der Waals surface area contributed by atoms with E-state index < -0.39 is 22.5 Å². The van der Waals surface area contributed by atoms with E-state index in [2.05, 4.69) is 15.6 Å². The van der Waals surface area contributed by atoms with Gasteiger partial charge in [0, 0.05) is 30.5 Å². The van der Waals surface area contributed by atoms with Crippen molar-refractivity contribution in [2.24, 2.45) is 0 Å². The highest BCUT2D eigenvalue weighted by Crippen LogP contribution is 2.19. The molecule has 0 saturated carbocycles. The Hall–Kier alpha value is -3.27. The lowest BCUT2D eigenvalue weighted by Gasteiger charge is -2.20. The van der Waals surface area contributed by atoms with Gasteiger partial charge in [-0.3, -0.25) is 14.6 Å². The zero-order chi connectivity index (χ0) is 23.8. The van der Waals surface area contributed by atoms with E-state index in [0.29, 0.717) is 10.6 Å². The summed E-state index contributed by atoms with van der Waals surface area (Å²) in [4.78, 5) is 29.4. The number of amides is 2. The van der Waals surface area contributed by atoms with Gasteiger partial charge in [-0.25, -0.2) is 8.42 Å². The zero-order valence-corrected chi connectivity index (χ0v) is 19.4. The number of nitrogens with one attached hydrogen (secondary N) is 2. The van der Waals surface area contributed by atoms with Crippen molar-refractivity contribution in [2.45, 2.75) is 13.1 Å². The molecule has 3 rings (SSSR count). The first-order valence-corrected chi connectivity index (χ1v) is 12.2. The van der Waals surface area contributed by atoms with Gasteiger partial charge in [-0.2, -0.15) is 4.31 Å². The monoisotopic (exact) mass is 486 g/mol. The Kier molecular flexibility index (Phi) is 8.16. The lowest BCUT2D eigenvalue weighted by molar-refractivity contribution is -0.116. The third-order valence-corrected chi connectivity index (χ3v) is 6.28. The van der Waals surface area contributed by atoms with Crippen LogP contribution in [0.1, 0.15) is 21.5 Å². The highest BCUT2D eigenvalue weighted by atomic mass is 35.5. The number of anilines is 1. The van der Waals surface area contributed by atoms with Crippen molar-refractivity contribution in [2.75, 3.05) is 18.1 Å². The van der Waals surface area contributed by atoms with Crippen molar-refractivity contribution in [3.63, 3.8) is 0 Å². The quantitative estimate of drug-likeness (QED) is 0.483. The minimum Gasteiger partial charge on any atom is -0.348 e. The Balaban J connectivity index is 1.70. The van der Waals surface area contributed by atoms with Crippen molar-refractivity contribution in [3.8, 4) is 0 Å². The molecule has 0 fully saturated rings. The molecule has 0 aliphatic carbocycles. The molecule has 0 unspecified atom stereocenters. The number of halogens is 1. The Morgan fingerprint density at radius 1 is 1.03 bits per heavy atom.